The highest BCUT2D eigenvalue weighted by Gasteiger charge is 2.21. The molecular weight excluding hydrogens is 414 g/mol. The number of H-pyrrole nitrogens is 1. The van der Waals surface area contributed by atoms with Gasteiger partial charge in [-0.1, -0.05) is 36.4 Å². The fourth-order valence-corrected chi connectivity index (χ4v) is 4.96. The van der Waals surface area contributed by atoms with Gasteiger partial charge in [-0.15, -0.1) is 11.3 Å². The van der Waals surface area contributed by atoms with Crippen LogP contribution in [0.3, 0.4) is 0 Å². The number of rotatable bonds is 3. The predicted octanol–water partition coefficient (Wildman–Crippen LogP) is 4.37. The van der Waals surface area contributed by atoms with E-state index in [0.29, 0.717) is 28.1 Å². The van der Waals surface area contributed by atoms with Gasteiger partial charge in [-0.3, -0.25) is 14.2 Å². The Labute approximate surface area is 182 Å². The highest BCUT2D eigenvalue weighted by molar-refractivity contribution is 7.71. The van der Waals surface area contributed by atoms with Crippen LogP contribution >= 0.6 is 23.6 Å². The third-order valence-corrected chi connectivity index (χ3v) is 6.78. The van der Waals surface area contributed by atoms with Crippen LogP contribution in [0.2, 0.25) is 0 Å². The highest BCUT2D eigenvalue weighted by Crippen LogP contribution is 2.21. The van der Waals surface area contributed by atoms with Crippen LogP contribution in [0, 0.1) is 4.77 Å². The molecule has 2 aromatic heterocycles. The van der Waals surface area contributed by atoms with Gasteiger partial charge in [-0.2, -0.15) is 0 Å². The standard InChI is InChI=1S/C23H19N3O2S2/c27-21(25-11-9-16-3-1-2-4-18(16)14-25)17-7-5-15(6-8-17)13-26-22(28)20-19(10-12-30-20)24-23(26)29/h1-8,10,12H,9,11,13-14H2,(H,24,29). The second kappa shape index (κ2) is 7.66. The average molecular weight is 434 g/mol. The van der Waals surface area contributed by atoms with Gasteiger partial charge in [-0.05, 0) is 58.9 Å². The third kappa shape index (κ3) is 3.40. The minimum atomic E-state index is -0.0871. The lowest BCUT2D eigenvalue weighted by molar-refractivity contribution is 0.0734. The number of aromatic amines is 1. The van der Waals surface area contributed by atoms with E-state index in [1.165, 1.54) is 22.5 Å². The lowest BCUT2D eigenvalue weighted by Crippen LogP contribution is -2.35. The number of carbonyl (C=O) groups excluding carboxylic acids is 1. The van der Waals surface area contributed by atoms with Gasteiger partial charge in [0.15, 0.2) is 4.77 Å². The maximum Gasteiger partial charge on any atom is 0.272 e. The van der Waals surface area contributed by atoms with Gasteiger partial charge < -0.3 is 9.88 Å². The summed E-state index contributed by atoms with van der Waals surface area (Å²) in [5.74, 6) is 0.0329. The summed E-state index contributed by atoms with van der Waals surface area (Å²) in [7, 11) is 0. The van der Waals surface area contributed by atoms with Crippen LogP contribution in [0.4, 0.5) is 0 Å². The van der Waals surface area contributed by atoms with Crippen LogP contribution in [0.15, 0.2) is 64.8 Å². The smallest absolute Gasteiger partial charge is 0.272 e. The van der Waals surface area contributed by atoms with E-state index in [2.05, 4.69) is 17.1 Å². The van der Waals surface area contributed by atoms with Gasteiger partial charge in [0, 0.05) is 18.7 Å². The van der Waals surface area contributed by atoms with Crippen molar-refractivity contribution in [2.75, 3.05) is 6.54 Å². The zero-order valence-corrected chi connectivity index (χ0v) is 17.8. The van der Waals surface area contributed by atoms with Gasteiger partial charge in [0.2, 0.25) is 0 Å². The van der Waals surface area contributed by atoms with Crippen LogP contribution in [0.5, 0.6) is 0 Å². The first kappa shape index (κ1) is 19.0. The molecule has 1 aliphatic heterocycles. The number of hydrogen-bond donors (Lipinski definition) is 1. The first-order valence-corrected chi connectivity index (χ1v) is 11.0. The lowest BCUT2D eigenvalue weighted by Gasteiger charge is -2.29. The first-order valence-electron chi connectivity index (χ1n) is 9.75. The second-order valence-corrected chi connectivity index (χ2v) is 8.73. The number of hydrogen-bond acceptors (Lipinski definition) is 4. The fourth-order valence-electron chi connectivity index (χ4n) is 3.90. The topological polar surface area (TPSA) is 58.1 Å². The number of nitrogens with zero attached hydrogens (tertiary/aromatic N) is 2. The maximum absolute atomic E-state index is 13.0. The molecule has 0 spiro atoms. The largest absolute Gasteiger partial charge is 0.334 e. The van der Waals surface area contributed by atoms with Crippen molar-refractivity contribution >= 4 is 39.7 Å². The Morgan fingerprint density at radius 1 is 1.07 bits per heavy atom. The van der Waals surface area contributed by atoms with Crippen molar-refractivity contribution in [3.63, 3.8) is 0 Å². The SMILES string of the molecule is O=C(c1ccc(Cn2c(=S)[nH]c3ccsc3c2=O)cc1)N1CCc2ccccc2C1. The zero-order chi connectivity index (χ0) is 20.7. The Balaban J connectivity index is 1.36. The number of fused-ring (bicyclic) bond motifs is 2. The third-order valence-electron chi connectivity index (χ3n) is 5.55. The molecule has 1 aliphatic rings. The van der Waals surface area contributed by atoms with Crippen molar-refractivity contribution in [2.45, 2.75) is 19.5 Å². The van der Waals surface area contributed by atoms with Gasteiger partial charge in [0.05, 0.1) is 12.1 Å². The Kier molecular flexibility index (Phi) is 4.84. The molecule has 4 aromatic rings. The Morgan fingerprint density at radius 2 is 1.83 bits per heavy atom. The second-order valence-electron chi connectivity index (χ2n) is 7.43. The predicted molar refractivity (Wildman–Crippen MR) is 122 cm³/mol. The van der Waals surface area contributed by atoms with Crippen LogP contribution in [0.1, 0.15) is 27.0 Å². The van der Waals surface area contributed by atoms with Gasteiger partial charge in [-0.25, -0.2) is 0 Å². The molecule has 0 bridgehead atoms. The molecule has 30 heavy (non-hydrogen) atoms. The summed E-state index contributed by atoms with van der Waals surface area (Å²) in [5.41, 5.74) is 4.80. The van der Waals surface area contributed by atoms with E-state index in [4.69, 9.17) is 12.2 Å². The highest BCUT2D eigenvalue weighted by atomic mass is 32.1. The van der Waals surface area contributed by atoms with Gasteiger partial charge in [0.1, 0.15) is 4.70 Å². The van der Waals surface area contributed by atoms with Gasteiger partial charge in [0.25, 0.3) is 11.5 Å². The molecule has 0 saturated carbocycles. The van der Waals surface area contributed by atoms with E-state index in [-0.39, 0.29) is 11.5 Å². The lowest BCUT2D eigenvalue weighted by atomic mass is 9.99. The molecule has 0 unspecified atom stereocenters. The Bertz CT molecular complexity index is 1370. The molecular formula is C23H19N3O2S2. The van der Waals surface area contributed by atoms with Crippen molar-refractivity contribution in [3.05, 3.63) is 97.4 Å². The molecule has 0 fully saturated rings. The van der Waals surface area contributed by atoms with Crippen LogP contribution in [-0.4, -0.2) is 26.9 Å². The molecule has 3 heterocycles. The monoisotopic (exact) mass is 433 g/mol. The molecule has 1 amide bonds. The fraction of sp³-hybridized carbons (Fsp3) is 0.174. The summed E-state index contributed by atoms with van der Waals surface area (Å²) in [4.78, 5) is 30.7. The summed E-state index contributed by atoms with van der Waals surface area (Å²) in [6.45, 7) is 1.73. The van der Waals surface area contributed by atoms with Crippen molar-refractivity contribution in [3.8, 4) is 0 Å². The summed E-state index contributed by atoms with van der Waals surface area (Å²) < 4.78 is 2.63. The maximum atomic E-state index is 13.0. The number of amides is 1. The normalized spacial score (nSPS) is 13.4. The van der Waals surface area contributed by atoms with Crippen LogP contribution < -0.4 is 5.56 Å². The van der Waals surface area contributed by atoms with Crippen molar-refractivity contribution in [1.82, 2.24) is 14.5 Å². The van der Waals surface area contributed by atoms with Gasteiger partial charge >= 0.3 is 0 Å². The zero-order valence-electron chi connectivity index (χ0n) is 16.1. The first-order chi connectivity index (χ1) is 14.6. The van der Waals surface area contributed by atoms with Crippen molar-refractivity contribution < 1.29 is 4.79 Å². The van der Waals surface area contributed by atoms with Crippen LogP contribution in [-0.2, 0) is 19.5 Å². The summed E-state index contributed by atoms with van der Waals surface area (Å²) in [6, 6.07) is 17.6. The molecule has 150 valence electrons. The van der Waals surface area contributed by atoms with E-state index >= 15 is 0 Å². The number of benzene rings is 2. The van der Waals surface area contributed by atoms with Crippen molar-refractivity contribution in [1.29, 1.82) is 0 Å². The number of carbonyl (C=O) groups is 1. The molecule has 7 heteroatoms. The molecule has 0 radical (unpaired) electrons. The number of nitrogens with one attached hydrogen (secondary N) is 1. The van der Waals surface area contributed by atoms with E-state index in [1.54, 1.807) is 4.57 Å². The summed E-state index contributed by atoms with van der Waals surface area (Å²) >= 11 is 6.77. The molecule has 1 N–H and O–H groups in total. The summed E-state index contributed by atoms with van der Waals surface area (Å²) in [6.07, 6.45) is 0.881. The minimum absolute atomic E-state index is 0.0329. The van der Waals surface area contributed by atoms with E-state index in [1.807, 2.05) is 52.7 Å². The average Bonchev–Trinajstić information content (AvgIpc) is 3.25. The molecule has 0 saturated heterocycles. The van der Waals surface area contributed by atoms with E-state index in [0.717, 1.165) is 24.0 Å². The summed E-state index contributed by atoms with van der Waals surface area (Å²) in [5, 5.41) is 1.88. The van der Waals surface area contributed by atoms with Crippen molar-refractivity contribution in [2.24, 2.45) is 0 Å². The minimum Gasteiger partial charge on any atom is -0.334 e. The number of thiophene rings is 1. The molecule has 2 aromatic carbocycles. The molecule has 0 atom stereocenters. The van der Waals surface area contributed by atoms with E-state index < -0.39 is 0 Å². The quantitative estimate of drug-likeness (QED) is 0.488. The Morgan fingerprint density at radius 3 is 2.63 bits per heavy atom. The van der Waals surface area contributed by atoms with Crippen LogP contribution in [0.25, 0.3) is 10.2 Å². The number of aromatic nitrogens is 2. The Hall–Kier alpha value is -3.03. The van der Waals surface area contributed by atoms with E-state index in [9.17, 15) is 9.59 Å². The molecule has 5 rings (SSSR count). The molecule has 0 aliphatic carbocycles. The molecule has 5 nitrogen and oxygen atoms in total.